The summed E-state index contributed by atoms with van der Waals surface area (Å²) in [7, 11) is 1.62. The lowest BCUT2D eigenvalue weighted by Gasteiger charge is -2.11. The summed E-state index contributed by atoms with van der Waals surface area (Å²) >= 11 is 9.53. The maximum atomic E-state index is 5.39. The zero-order valence-corrected chi connectivity index (χ0v) is 15.9. The standard InChI is InChI=1S/C11H16N4OS2.2BrH/c1-16-9-3-7(5-14-10(12)17)2-8(4-9)6-15-11(13)18;;/h2-4H,5-6H2,1H3,(H3,12,14,17)(H3,13,15,18);2*1H. The lowest BCUT2D eigenvalue weighted by Crippen LogP contribution is -2.29. The minimum absolute atomic E-state index is 0. The van der Waals surface area contributed by atoms with Crippen LogP contribution in [-0.2, 0) is 13.1 Å². The maximum absolute atomic E-state index is 5.39. The Hall–Kier alpha value is -0.640. The van der Waals surface area contributed by atoms with Gasteiger partial charge in [0.1, 0.15) is 5.75 Å². The van der Waals surface area contributed by atoms with Crippen molar-refractivity contribution in [1.82, 2.24) is 10.6 Å². The first-order valence-corrected chi connectivity index (χ1v) is 6.06. The molecule has 0 aromatic heterocycles. The molecule has 0 bridgehead atoms. The van der Waals surface area contributed by atoms with Gasteiger partial charge in [-0.2, -0.15) is 0 Å². The summed E-state index contributed by atoms with van der Waals surface area (Å²) in [5, 5.41) is 6.30. The van der Waals surface area contributed by atoms with E-state index in [-0.39, 0.29) is 44.2 Å². The Kier molecular flexibility index (Phi) is 12.0. The molecule has 0 saturated carbocycles. The highest BCUT2D eigenvalue weighted by Gasteiger charge is 2.02. The van der Waals surface area contributed by atoms with Crippen molar-refractivity contribution in [2.45, 2.75) is 13.1 Å². The molecule has 0 fully saturated rings. The first-order valence-electron chi connectivity index (χ1n) is 5.24. The molecular weight excluding hydrogens is 428 g/mol. The van der Waals surface area contributed by atoms with Crippen LogP contribution in [-0.4, -0.2) is 17.3 Å². The van der Waals surface area contributed by atoms with E-state index in [4.69, 9.17) is 40.6 Å². The SMILES string of the molecule is Br.Br.COc1cc(CNC(N)=S)cc(CNC(N)=S)c1. The van der Waals surface area contributed by atoms with Crippen molar-refractivity contribution in [3.05, 3.63) is 29.3 Å². The average Bonchev–Trinajstić information content (AvgIpc) is 2.33. The zero-order chi connectivity index (χ0) is 13.5. The maximum Gasteiger partial charge on any atom is 0.163 e. The average molecular weight is 446 g/mol. The van der Waals surface area contributed by atoms with Crippen molar-refractivity contribution in [3.8, 4) is 5.75 Å². The minimum Gasteiger partial charge on any atom is -0.497 e. The second-order valence-electron chi connectivity index (χ2n) is 3.62. The fourth-order valence-electron chi connectivity index (χ4n) is 1.43. The van der Waals surface area contributed by atoms with Gasteiger partial charge in [-0.1, -0.05) is 6.07 Å². The van der Waals surface area contributed by atoms with E-state index in [0.29, 0.717) is 13.1 Å². The Morgan fingerprint density at radius 3 is 1.70 bits per heavy atom. The van der Waals surface area contributed by atoms with Gasteiger partial charge < -0.3 is 26.8 Å². The number of ether oxygens (including phenoxy) is 1. The number of hydrogen-bond acceptors (Lipinski definition) is 3. The number of benzene rings is 1. The van der Waals surface area contributed by atoms with Crippen molar-refractivity contribution >= 4 is 68.6 Å². The quantitative estimate of drug-likeness (QED) is 0.511. The van der Waals surface area contributed by atoms with E-state index in [1.807, 2.05) is 18.2 Å². The molecule has 6 N–H and O–H groups in total. The predicted molar refractivity (Wildman–Crippen MR) is 101 cm³/mol. The number of methoxy groups -OCH3 is 1. The van der Waals surface area contributed by atoms with Gasteiger partial charge in [0, 0.05) is 13.1 Å². The molecule has 0 spiro atoms. The molecule has 9 heteroatoms. The third-order valence-corrected chi connectivity index (χ3v) is 2.48. The Morgan fingerprint density at radius 2 is 1.40 bits per heavy atom. The molecule has 0 heterocycles. The fourth-order valence-corrected chi connectivity index (χ4v) is 1.57. The smallest absolute Gasteiger partial charge is 0.163 e. The summed E-state index contributed by atoms with van der Waals surface area (Å²) in [6, 6.07) is 5.82. The van der Waals surface area contributed by atoms with Gasteiger partial charge in [0.15, 0.2) is 10.2 Å². The van der Waals surface area contributed by atoms with E-state index in [1.54, 1.807) is 7.11 Å². The molecule has 5 nitrogen and oxygen atoms in total. The van der Waals surface area contributed by atoms with Gasteiger partial charge in [-0.15, -0.1) is 34.0 Å². The lowest BCUT2D eigenvalue weighted by atomic mass is 10.1. The van der Waals surface area contributed by atoms with E-state index >= 15 is 0 Å². The molecule has 0 atom stereocenters. The van der Waals surface area contributed by atoms with Crippen LogP contribution < -0.4 is 26.8 Å². The van der Waals surface area contributed by atoms with Crippen molar-refractivity contribution in [1.29, 1.82) is 0 Å². The van der Waals surface area contributed by atoms with Crippen LogP contribution in [0, 0.1) is 0 Å². The van der Waals surface area contributed by atoms with Crippen LogP contribution in [0.3, 0.4) is 0 Å². The van der Waals surface area contributed by atoms with Crippen LogP contribution >= 0.6 is 58.4 Å². The third kappa shape index (κ3) is 8.51. The Labute approximate surface area is 150 Å². The molecule has 1 aromatic rings. The summed E-state index contributed by atoms with van der Waals surface area (Å²) in [6.07, 6.45) is 0. The number of nitrogens with one attached hydrogen (secondary N) is 2. The largest absolute Gasteiger partial charge is 0.497 e. The number of thiocarbonyl (C=S) groups is 2. The predicted octanol–water partition coefficient (Wildman–Crippen LogP) is 1.52. The van der Waals surface area contributed by atoms with E-state index in [0.717, 1.165) is 16.9 Å². The minimum atomic E-state index is 0. The highest BCUT2D eigenvalue weighted by Crippen LogP contribution is 2.17. The Bertz CT molecular complexity index is 424. The van der Waals surface area contributed by atoms with Crippen LogP contribution in [0.5, 0.6) is 5.75 Å². The van der Waals surface area contributed by atoms with Gasteiger partial charge in [0.2, 0.25) is 0 Å². The molecule has 0 aliphatic heterocycles. The van der Waals surface area contributed by atoms with Crippen LogP contribution in [0.1, 0.15) is 11.1 Å². The van der Waals surface area contributed by atoms with Crippen molar-refractivity contribution < 1.29 is 4.74 Å². The normalized spacial score (nSPS) is 8.65. The molecule has 20 heavy (non-hydrogen) atoms. The number of nitrogens with two attached hydrogens (primary N) is 2. The Morgan fingerprint density at radius 1 is 1.00 bits per heavy atom. The molecule has 1 rings (SSSR count). The van der Waals surface area contributed by atoms with Crippen molar-refractivity contribution in [2.24, 2.45) is 11.5 Å². The zero-order valence-electron chi connectivity index (χ0n) is 10.8. The topological polar surface area (TPSA) is 85.3 Å². The fraction of sp³-hybridized carbons (Fsp3) is 0.273. The van der Waals surface area contributed by atoms with Crippen LogP contribution in [0.2, 0.25) is 0 Å². The lowest BCUT2D eigenvalue weighted by molar-refractivity contribution is 0.413. The Balaban J connectivity index is 0. The number of halogens is 2. The highest BCUT2D eigenvalue weighted by molar-refractivity contribution is 8.93. The molecule has 114 valence electrons. The second kappa shape index (κ2) is 11.1. The van der Waals surface area contributed by atoms with Gasteiger partial charge >= 0.3 is 0 Å². The molecule has 0 radical (unpaired) electrons. The van der Waals surface area contributed by atoms with Crippen molar-refractivity contribution in [3.63, 3.8) is 0 Å². The van der Waals surface area contributed by atoms with E-state index in [2.05, 4.69) is 10.6 Å². The third-order valence-electron chi connectivity index (χ3n) is 2.20. The van der Waals surface area contributed by atoms with Gasteiger partial charge in [-0.05, 0) is 47.7 Å². The second-order valence-corrected chi connectivity index (χ2v) is 4.50. The summed E-state index contributed by atoms with van der Waals surface area (Å²) < 4.78 is 5.23. The van der Waals surface area contributed by atoms with Crippen molar-refractivity contribution in [2.75, 3.05) is 7.11 Å². The van der Waals surface area contributed by atoms with Crippen LogP contribution in [0.15, 0.2) is 18.2 Å². The van der Waals surface area contributed by atoms with E-state index in [9.17, 15) is 0 Å². The highest BCUT2D eigenvalue weighted by atomic mass is 79.9. The molecular formula is C11H18Br2N4OS2. The first-order chi connectivity index (χ1) is 8.51. The molecule has 0 unspecified atom stereocenters. The molecule has 1 aromatic carbocycles. The van der Waals surface area contributed by atoms with E-state index < -0.39 is 0 Å². The van der Waals surface area contributed by atoms with Crippen LogP contribution in [0.4, 0.5) is 0 Å². The first kappa shape index (κ1) is 21.7. The van der Waals surface area contributed by atoms with Gasteiger partial charge in [0.25, 0.3) is 0 Å². The summed E-state index contributed by atoms with van der Waals surface area (Å²) in [4.78, 5) is 0. The van der Waals surface area contributed by atoms with Gasteiger partial charge in [0.05, 0.1) is 7.11 Å². The summed E-state index contributed by atoms with van der Waals surface area (Å²) in [6.45, 7) is 1.10. The van der Waals surface area contributed by atoms with Gasteiger partial charge in [-0.25, -0.2) is 0 Å². The monoisotopic (exact) mass is 444 g/mol. The molecule has 0 saturated heterocycles. The summed E-state index contributed by atoms with van der Waals surface area (Å²) in [5.74, 6) is 0.761. The molecule has 0 amide bonds. The van der Waals surface area contributed by atoms with Crippen LogP contribution in [0.25, 0.3) is 0 Å². The molecule has 0 aliphatic carbocycles. The number of hydrogen-bond donors (Lipinski definition) is 4. The van der Waals surface area contributed by atoms with E-state index in [1.165, 1.54) is 0 Å². The number of rotatable bonds is 5. The summed E-state index contributed by atoms with van der Waals surface area (Å²) in [5.41, 5.74) is 12.8. The molecule has 0 aliphatic rings. The van der Waals surface area contributed by atoms with Gasteiger partial charge in [-0.3, -0.25) is 0 Å².